The van der Waals surface area contributed by atoms with E-state index in [0.29, 0.717) is 23.4 Å². The number of carbonyl (C=O) groups is 1. The number of carbonyl (C=O) groups excluding carboxylic acids is 1. The van der Waals surface area contributed by atoms with Crippen LogP contribution in [0.2, 0.25) is 0 Å². The fourth-order valence-electron chi connectivity index (χ4n) is 2.18. The Bertz CT molecular complexity index is 655. The minimum Gasteiger partial charge on any atom is -0.383 e. The van der Waals surface area contributed by atoms with E-state index in [1.165, 1.54) is 12.1 Å². The Morgan fingerprint density at radius 2 is 2.27 bits per heavy atom. The van der Waals surface area contributed by atoms with Crippen LogP contribution in [-0.2, 0) is 4.74 Å². The number of halogens is 1. The first-order chi connectivity index (χ1) is 10.6. The third-order valence-electron chi connectivity index (χ3n) is 3.37. The van der Waals surface area contributed by atoms with Crippen LogP contribution >= 0.6 is 0 Å². The van der Waals surface area contributed by atoms with Gasteiger partial charge >= 0.3 is 0 Å². The van der Waals surface area contributed by atoms with Crippen molar-refractivity contribution in [3.8, 4) is 11.3 Å². The highest BCUT2D eigenvalue weighted by Gasteiger charge is 2.23. The first-order valence-electron chi connectivity index (χ1n) is 7.08. The summed E-state index contributed by atoms with van der Waals surface area (Å²) in [4.78, 5) is 12.5. The van der Waals surface area contributed by atoms with Crippen molar-refractivity contribution in [3.05, 3.63) is 41.3 Å². The van der Waals surface area contributed by atoms with Gasteiger partial charge in [0.15, 0.2) is 5.76 Å². The lowest BCUT2D eigenvalue weighted by Crippen LogP contribution is -2.37. The van der Waals surface area contributed by atoms with E-state index >= 15 is 0 Å². The third-order valence-corrected chi connectivity index (χ3v) is 3.37. The number of aromatic nitrogens is 1. The Hall–Kier alpha value is -2.21. The lowest BCUT2D eigenvalue weighted by molar-refractivity contribution is 0.0894. The van der Waals surface area contributed by atoms with Crippen molar-refractivity contribution >= 4 is 5.91 Å². The first-order valence-corrected chi connectivity index (χ1v) is 7.08. The average Bonchev–Trinajstić information content (AvgIpc) is 2.88. The quantitative estimate of drug-likeness (QED) is 0.891. The highest BCUT2D eigenvalue weighted by atomic mass is 19.1. The molecule has 1 aromatic carbocycles. The molecule has 0 bridgehead atoms. The zero-order chi connectivity index (χ0) is 16.1. The van der Waals surface area contributed by atoms with Gasteiger partial charge in [0.25, 0.3) is 5.91 Å². The second-order valence-corrected chi connectivity index (χ2v) is 5.02. The molecule has 0 radical (unpaired) electrons. The maximum Gasteiger partial charge on any atom is 0.257 e. The molecular formula is C16H19FN2O3. The van der Waals surface area contributed by atoms with Crippen molar-refractivity contribution in [1.82, 2.24) is 10.5 Å². The molecule has 0 spiro atoms. The Labute approximate surface area is 128 Å². The lowest BCUT2D eigenvalue weighted by atomic mass is 10.1. The molecule has 1 amide bonds. The van der Waals surface area contributed by atoms with E-state index in [9.17, 15) is 9.18 Å². The second kappa shape index (κ2) is 7.17. The van der Waals surface area contributed by atoms with Crippen molar-refractivity contribution in [2.75, 3.05) is 13.7 Å². The van der Waals surface area contributed by atoms with Crippen LogP contribution in [0.25, 0.3) is 11.3 Å². The SMILES string of the molecule is CCC(COC)NC(=O)c1c(C)noc1-c1cccc(F)c1. The number of benzene rings is 1. The molecule has 1 N–H and O–H groups in total. The van der Waals surface area contributed by atoms with Gasteiger partial charge in [0, 0.05) is 12.7 Å². The molecule has 2 aromatic rings. The third kappa shape index (κ3) is 3.51. The van der Waals surface area contributed by atoms with Gasteiger partial charge in [-0.15, -0.1) is 0 Å². The summed E-state index contributed by atoms with van der Waals surface area (Å²) in [6, 6.07) is 5.77. The molecule has 0 saturated heterocycles. The molecule has 0 aliphatic rings. The highest BCUT2D eigenvalue weighted by molar-refractivity contribution is 6.00. The second-order valence-electron chi connectivity index (χ2n) is 5.02. The van der Waals surface area contributed by atoms with E-state index in [-0.39, 0.29) is 17.7 Å². The molecule has 0 saturated carbocycles. The van der Waals surface area contributed by atoms with Gasteiger partial charge in [-0.1, -0.05) is 24.2 Å². The molecule has 1 unspecified atom stereocenters. The molecule has 1 heterocycles. The molecule has 6 heteroatoms. The van der Waals surface area contributed by atoms with E-state index in [2.05, 4.69) is 10.5 Å². The number of aryl methyl sites for hydroxylation is 1. The molecular weight excluding hydrogens is 287 g/mol. The van der Waals surface area contributed by atoms with Crippen LogP contribution in [0, 0.1) is 12.7 Å². The first kappa shape index (κ1) is 16.2. The van der Waals surface area contributed by atoms with Crippen LogP contribution in [0.1, 0.15) is 29.4 Å². The zero-order valence-electron chi connectivity index (χ0n) is 12.9. The minimum atomic E-state index is -0.399. The highest BCUT2D eigenvalue weighted by Crippen LogP contribution is 2.26. The van der Waals surface area contributed by atoms with Gasteiger partial charge in [0.1, 0.15) is 11.4 Å². The van der Waals surface area contributed by atoms with Crippen molar-refractivity contribution in [1.29, 1.82) is 0 Å². The van der Waals surface area contributed by atoms with Gasteiger partial charge in [-0.2, -0.15) is 0 Å². The molecule has 22 heavy (non-hydrogen) atoms. The van der Waals surface area contributed by atoms with Gasteiger partial charge < -0.3 is 14.6 Å². The molecule has 1 atom stereocenters. The van der Waals surface area contributed by atoms with Crippen molar-refractivity contribution in [3.63, 3.8) is 0 Å². The smallest absolute Gasteiger partial charge is 0.257 e. The Morgan fingerprint density at radius 1 is 1.50 bits per heavy atom. The zero-order valence-corrected chi connectivity index (χ0v) is 12.9. The molecule has 2 rings (SSSR count). The van der Waals surface area contributed by atoms with Crippen LogP contribution in [0.4, 0.5) is 4.39 Å². The Balaban J connectivity index is 2.31. The van der Waals surface area contributed by atoms with Crippen LogP contribution < -0.4 is 5.32 Å². The Kier molecular flexibility index (Phi) is 5.27. The van der Waals surface area contributed by atoms with Crippen molar-refractivity contribution < 1.29 is 18.4 Å². The van der Waals surface area contributed by atoms with Crippen molar-refractivity contribution in [2.45, 2.75) is 26.3 Å². The summed E-state index contributed by atoms with van der Waals surface area (Å²) in [6.07, 6.45) is 0.735. The number of ether oxygens (including phenoxy) is 1. The minimum absolute atomic E-state index is 0.104. The maximum absolute atomic E-state index is 13.4. The molecule has 1 aromatic heterocycles. The van der Waals surface area contributed by atoms with Gasteiger partial charge in [0.2, 0.25) is 0 Å². The van der Waals surface area contributed by atoms with E-state index in [1.807, 2.05) is 6.92 Å². The number of hydrogen-bond donors (Lipinski definition) is 1. The summed E-state index contributed by atoms with van der Waals surface area (Å²) < 4.78 is 23.7. The summed E-state index contributed by atoms with van der Waals surface area (Å²) in [5, 5.41) is 6.71. The van der Waals surface area contributed by atoms with Gasteiger partial charge in [-0.25, -0.2) is 4.39 Å². The summed E-state index contributed by atoms with van der Waals surface area (Å²) >= 11 is 0. The number of amides is 1. The molecule has 5 nitrogen and oxygen atoms in total. The maximum atomic E-state index is 13.4. The number of methoxy groups -OCH3 is 1. The summed E-state index contributed by atoms with van der Waals surface area (Å²) in [7, 11) is 1.58. The largest absolute Gasteiger partial charge is 0.383 e. The van der Waals surface area contributed by atoms with E-state index in [0.717, 1.165) is 6.42 Å². The predicted molar refractivity (Wildman–Crippen MR) is 80.1 cm³/mol. The average molecular weight is 306 g/mol. The van der Waals surface area contributed by atoms with E-state index < -0.39 is 5.82 Å². The fourth-order valence-corrected chi connectivity index (χ4v) is 2.18. The van der Waals surface area contributed by atoms with Gasteiger partial charge in [-0.3, -0.25) is 4.79 Å². The summed E-state index contributed by atoms with van der Waals surface area (Å²) in [5.74, 6) is -0.438. The van der Waals surface area contributed by atoms with Gasteiger partial charge in [-0.05, 0) is 25.5 Å². The van der Waals surface area contributed by atoms with Crippen molar-refractivity contribution in [2.24, 2.45) is 0 Å². The molecule has 0 aliphatic heterocycles. The van der Waals surface area contributed by atoms with Crippen LogP contribution in [0.5, 0.6) is 0 Å². The predicted octanol–water partition coefficient (Wildman–Crippen LogP) is 2.94. The standard InChI is InChI=1S/C16H19FN2O3/c1-4-13(9-21-3)18-16(20)14-10(2)19-22-15(14)11-6-5-7-12(17)8-11/h5-8,13H,4,9H2,1-3H3,(H,18,20). The Morgan fingerprint density at radius 3 is 2.91 bits per heavy atom. The van der Waals surface area contributed by atoms with E-state index in [4.69, 9.17) is 9.26 Å². The molecule has 0 fully saturated rings. The van der Waals surface area contributed by atoms with Crippen LogP contribution in [0.3, 0.4) is 0 Å². The topological polar surface area (TPSA) is 64.4 Å². The number of nitrogens with one attached hydrogen (secondary N) is 1. The number of nitrogens with zero attached hydrogens (tertiary/aromatic N) is 1. The lowest BCUT2D eigenvalue weighted by Gasteiger charge is -2.15. The summed E-state index contributed by atoms with van der Waals surface area (Å²) in [5.41, 5.74) is 1.26. The molecule has 118 valence electrons. The van der Waals surface area contributed by atoms with E-state index in [1.54, 1.807) is 26.2 Å². The monoisotopic (exact) mass is 306 g/mol. The van der Waals surface area contributed by atoms with Crippen LogP contribution in [0.15, 0.2) is 28.8 Å². The number of rotatable bonds is 6. The van der Waals surface area contributed by atoms with Crippen LogP contribution in [-0.4, -0.2) is 30.8 Å². The fraction of sp³-hybridized carbons (Fsp3) is 0.375. The molecule has 0 aliphatic carbocycles. The summed E-state index contributed by atoms with van der Waals surface area (Å²) in [6.45, 7) is 4.05. The normalized spacial score (nSPS) is 12.2. The number of hydrogen-bond acceptors (Lipinski definition) is 4. The van der Waals surface area contributed by atoms with Gasteiger partial charge in [0.05, 0.1) is 18.3 Å².